The molecule has 2 atom stereocenters. The summed E-state index contributed by atoms with van der Waals surface area (Å²) in [4.78, 5) is 1.21. The van der Waals surface area contributed by atoms with Gasteiger partial charge in [-0.3, -0.25) is 0 Å². The van der Waals surface area contributed by atoms with E-state index in [9.17, 15) is 0 Å². The van der Waals surface area contributed by atoms with Crippen molar-refractivity contribution in [1.29, 1.82) is 0 Å². The second kappa shape index (κ2) is 6.09. The highest BCUT2D eigenvalue weighted by Crippen LogP contribution is 2.17. The molecule has 0 aromatic carbocycles. The minimum atomic E-state index is -0.542. The molecule has 0 aliphatic carbocycles. The van der Waals surface area contributed by atoms with Crippen molar-refractivity contribution in [1.82, 2.24) is 14.5 Å². The van der Waals surface area contributed by atoms with Gasteiger partial charge < -0.3 is 5.84 Å². The lowest BCUT2D eigenvalue weighted by Crippen LogP contribution is -2.20. The van der Waals surface area contributed by atoms with Gasteiger partial charge in [0.2, 0.25) is 5.38 Å². The molecule has 0 saturated heterocycles. The average molecular weight is 254 g/mol. The lowest BCUT2D eigenvalue weighted by molar-refractivity contribution is 0.256. The number of nitrogens with one attached hydrogen (secondary N) is 2. The zero-order valence-electron chi connectivity index (χ0n) is 9.00. The minimum absolute atomic E-state index is 0.248. The zero-order chi connectivity index (χ0) is 11.3. The maximum atomic E-state index is 5.83. The molecule has 0 radical (unpaired) electrons. The zero-order valence-corrected chi connectivity index (χ0v) is 10.6. The second-order valence-electron chi connectivity index (χ2n) is 3.25. The summed E-state index contributed by atoms with van der Waals surface area (Å²) in [5.74, 6) is 5.52. The Morgan fingerprint density at radius 3 is 2.93 bits per heavy atom. The Bertz CT molecular complexity index is 305. The quantitative estimate of drug-likeness (QED) is 0.557. The summed E-state index contributed by atoms with van der Waals surface area (Å²) in [7, 11) is -0.542. The van der Waals surface area contributed by atoms with Gasteiger partial charge >= 0.3 is 0 Å². The molecule has 1 aromatic rings. The summed E-state index contributed by atoms with van der Waals surface area (Å²) >= 11 is 5.83. The summed E-state index contributed by atoms with van der Waals surface area (Å²) in [6, 6.07) is 0. The Kier molecular flexibility index (Phi) is 5.07. The summed E-state index contributed by atoms with van der Waals surface area (Å²) < 4.78 is 8.73. The normalized spacial score (nSPS) is 13.9. The summed E-state index contributed by atoms with van der Waals surface area (Å²) in [5, 5.41) is 4.94. The van der Waals surface area contributed by atoms with Gasteiger partial charge in [-0.05, 0) is 12.8 Å². The van der Waals surface area contributed by atoms with Crippen molar-refractivity contribution < 1.29 is 4.18 Å². The first-order chi connectivity index (χ1) is 7.15. The van der Waals surface area contributed by atoms with Crippen LogP contribution in [0.4, 0.5) is 0 Å². The number of hydrogen-bond acceptors (Lipinski definition) is 2. The number of nitrogens with two attached hydrogens (primary N) is 1. The Labute approximate surface area is 97.1 Å². The Hall–Kier alpha value is -0.590. The van der Waals surface area contributed by atoms with Crippen LogP contribution in [0.25, 0.3) is 0 Å². The number of H-pyrrole nitrogens is 2. The summed E-state index contributed by atoms with van der Waals surface area (Å²) in [6.45, 7) is 4.25. The molecule has 0 saturated carbocycles. The van der Waals surface area contributed by atoms with Crippen LogP contribution in [-0.4, -0.2) is 20.6 Å². The van der Waals surface area contributed by atoms with Crippen LogP contribution in [0, 0.1) is 0 Å². The molecule has 0 aliphatic heterocycles. The molecule has 4 N–H and O–H groups in total. The van der Waals surface area contributed by atoms with Crippen LogP contribution in [-0.2, 0) is 0 Å². The molecule has 1 aromatic heterocycles. The SMILES string of the molecule is CCCC(CC)O[s+]1cc(Cl)[nH]n(N)[nH]1. The van der Waals surface area contributed by atoms with Gasteiger partial charge in [0, 0.05) is 0 Å². The van der Waals surface area contributed by atoms with E-state index in [1.165, 1.54) is 4.91 Å². The number of aromatic amines is 2. The lowest BCUT2D eigenvalue weighted by Gasteiger charge is -2.07. The van der Waals surface area contributed by atoms with Crippen molar-refractivity contribution in [3.8, 4) is 0 Å². The van der Waals surface area contributed by atoms with Crippen LogP contribution in [0.15, 0.2) is 5.38 Å². The predicted molar refractivity (Wildman–Crippen MR) is 64.0 cm³/mol. The fourth-order valence-electron chi connectivity index (χ4n) is 1.22. The maximum Gasteiger partial charge on any atom is 0.255 e. The van der Waals surface area contributed by atoms with Crippen molar-refractivity contribution in [3.05, 3.63) is 10.5 Å². The molecular weight excluding hydrogens is 236 g/mol. The highest BCUT2D eigenvalue weighted by atomic mass is 35.5. The second-order valence-corrected chi connectivity index (χ2v) is 4.86. The third kappa shape index (κ3) is 4.19. The van der Waals surface area contributed by atoms with E-state index in [0.29, 0.717) is 5.15 Å². The third-order valence-electron chi connectivity index (χ3n) is 1.93. The van der Waals surface area contributed by atoms with Gasteiger partial charge in [-0.2, -0.15) is 0 Å². The molecule has 0 aliphatic rings. The Morgan fingerprint density at radius 1 is 1.67 bits per heavy atom. The van der Waals surface area contributed by atoms with E-state index in [1.807, 2.05) is 0 Å². The summed E-state index contributed by atoms with van der Waals surface area (Å²) in [6.07, 6.45) is 3.39. The Morgan fingerprint density at radius 2 is 2.40 bits per heavy atom. The van der Waals surface area contributed by atoms with E-state index >= 15 is 0 Å². The molecule has 7 heteroatoms. The topological polar surface area (TPSA) is 71.8 Å². The fraction of sp³-hybridized carbons (Fsp3) is 0.750. The van der Waals surface area contributed by atoms with Crippen LogP contribution in [0.5, 0.6) is 0 Å². The minimum Gasteiger partial charge on any atom is -0.306 e. The molecule has 88 valence electrons. The van der Waals surface area contributed by atoms with E-state index in [1.54, 1.807) is 5.38 Å². The van der Waals surface area contributed by atoms with Crippen LogP contribution in [0.3, 0.4) is 0 Å². The highest BCUT2D eigenvalue weighted by molar-refractivity contribution is 7.19. The van der Waals surface area contributed by atoms with E-state index in [-0.39, 0.29) is 6.10 Å². The van der Waals surface area contributed by atoms with Gasteiger partial charge in [-0.15, -0.1) is 4.18 Å². The Balaban J connectivity index is 2.69. The van der Waals surface area contributed by atoms with Gasteiger partial charge in [-0.1, -0.05) is 41.3 Å². The number of nitrogen functional groups attached to an aromatic ring is 1. The number of nitrogens with zero attached hydrogens (tertiary/aromatic N) is 1. The maximum absolute atomic E-state index is 5.83. The van der Waals surface area contributed by atoms with Gasteiger partial charge in [-0.25, -0.2) is 5.10 Å². The molecule has 0 bridgehead atoms. The first-order valence-corrected chi connectivity index (χ1v) is 6.60. The van der Waals surface area contributed by atoms with E-state index in [0.717, 1.165) is 19.3 Å². The average Bonchev–Trinajstić information content (AvgIpc) is 2.15. The van der Waals surface area contributed by atoms with E-state index < -0.39 is 10.9 Å². The lowest BCUT2D eigenvalue weighted by atomic mass is 10.2. The van der Waals surface area contributed by atoms with Gasteiger partial charge in [0.15, 0.2) is 5.15 Å². The largest absolute Gasteiger partial charge is 0.306 e. The first kappa shape index (κ1) is 12.5. The van der Waals surface area contributed by atoms with Gasteiger partial charge in [0.05, 0.1) is 0 Å². The van der Waals surface area contributed by atoms with E-state index in [4.69, 9.17) is 21.6 Å². The molecule has 1 heterocycles. The first-order valence-electron chi connectivity index (χ1n) is 5.01. The van der Waals surface area contributed by atoms with Crippen LogP contribution >= 0.6 is 22.5 Å². The predicted octanol–water partition coefficient (Wildman–Crippen LogP) is 2.39. The van der Waals surface area contributed by atoms with Crippen LogP contribution in [0.1, 0.15) is 33.1 Å². The third-order valence-corrected chi connectivity index (χ3v) is 3.56. The number of hydrogen-bond donors (Lipinski definition) is 3. The molecule has 2 unspecified atom stereocenters. The van der Waals surface area contributed by atoms with Crippen molar-refractivity contribution in [3.63, 3.8) is 0 Å². The van der Waals surface area contributed by atoms with Crippen molar-refractivity contribution in [2.75, 3.05) is 5.84 Å². The van der Waals surface area contributed by atoms with Crippen molar-refractivity contribution in [2.24, 2.45) is 0 Å². The van der Waals surface area contributed by atoms with Crippen LogP contribution in [0.2, 0.25) is 5.15 Å². The fourth-order valence-corrected chi connectivity index (χ4v) is 2.71. The molecular formula is C8H18ClN4OS+. The number of halogens is 1. The van der Waals surface area contributed by atoms with Crippen molar-refractivity contribution in [2.45, 2.75) is 39.2 Å². The van der Waals surface area contributed by atoms with Crippen LogP contribution < -0.4 is 10.0 Å². The monoisotopic (exact) mass is 253 g/mol. The molecule has 0 fully saturated rings. The molecule has 5 nitrogen and oxygen atoms in total. The molecule has 0 spiro atoms. The standard InChI is InChI=1S/C8H18ClN4OS/c1-3-5-7(4-2)14-15-6-8(9)11-13(10)12-15/h6-7,11-12H,3-5,10H2,1-2H3/q+1. The van der Waals surface area contributed by atoms with Crippen molar-refractivity contribution >= 4 is 22.5 Å². The number of aromatic nitrogens is 3. The summed E-state index contributed by atoms with van der Waals surface area (Å²) in [5.41, 5.74) is 0. The van der Waals surface area contributed by atoms with E-state index in [2.05, 4.69) is 23.4 Å². The molecule has 1 rings (SSSR count). The molecule has 15 heavy (non-hydrogen) atoms. The molecule has 0 amide bonds. The van der Waals surface area contributed by atoms with Gasteiger partial charge in [0.25, 0.3) is 10.9 Å². The van der Waals surface area contributed by atoms with Gasteiger partial charge in [0.1, 0.15) is 6.10 Å². The smallest absolute Gasteiger partial charge is 0.255 e. The number of rotatable bonds is 5. The highest BCUT2D eigenvalue weighted by Gasteiger charge is 2.15.